The molecule has 2 atom stereocenters. The third-order valence-electron chi connectivity index (χ3n) is 4.16. The van der Waals surface area contributed by atoms with Crippen molar-refractivity contribution in [3.63, 3.8) is 0 Å². The SMILES string of the molecule is CNC(CC(N)C(=O)NCc1ccccc1)C(=O)Nc1ccc(F)c(C#N)c1. The average molecular weight is 383 g/mol. The monoisotopic (exact) mass is 383 g/mol. The van der Waals surface area contributed by atoms with E-state index in [1.54, 1.807) is 13.1 Å². The van der Waals surface area contributed by atoms with Gasteiger partial charge in [0.1, 0.15) is 11.9 Å². The van der Waals surface area contributed by atoms with Crippen molar-refractivity contribution in [3.8, 4) is 6.07 Å². The van der Waals surface area contributed by atoms with Crippen molar-refractivity contribution in [2.45, 2.75) is 25.0 Å². The van der Waals surface area contributed by atoms with E-state index in [0.29, 0.717) is 6.54 Å². The summed E-state index contributed by atoms with van der Waals surface area (Å²) >= 11 is 0. The molecule has 8 heteroatoms. The van der Waals surface area contributed by atoms with Gasteiger partial charge in [0.25, 0.3) is 0 Å². The fourth-order valence-corrected chi connectivity index (χ4v) is 2.55. The van der Waals surface area contributed by atoms with Crippen molar-refractivity contribution < 1.29 is 14.0 Å². The van der Waals surface area contributed by atoms with E-state index < -0.39 is 23.8 Å². The Kier molecular flexibility index (Phi) is 7.63. The Morgan fingerprint density at radius 3 is 2.54 bits per heavy atom. The highest BCUT2D eigenvalue weighted by Crippen LogP contribution is 2.14. The van der Waals surface area contributed by atoms with Gasteiger partial charge in [0.2, 0.25) is 11.8 Å². The third-order valence-corrected chi connectivity index (χ3v) is 4.16. The number of halogens is 1. The minimum atomic E-state index is -0.894. The van der Waals surface area contributed by atoms with E-state index >= 15 is 0 Å². The topological polar surface area (TPSA) is 120 Å². The quantitative estimate of drug-likeness (QED) is 0.547. The number of nitrogens with two attached hydrogens (primary N) is 1. The van der Waals surface area contributed by atoms with E-state index in [-0.39, 0.29) is 23.6 Å². The summed E-state index contributed by atoms with van der Waals surface area (Å²) in [6, 6.07) is 13.2. The van der Waals surface area contributed by atoms with Gasteiger partial charge in [0.15, 0.2) is 0 Å². The summed E-state index contributed by atoms with van der Waals surface area (Å²) in [5.41, 5.74) is 6.98. The lowest BCUT2D eigenvalue weighted by Crippen LogP contribution is -2.48. The summed E-state index contributed by atoms with van der Waals surface area (Å²) in [6.07, 6.45) is 0.0647. The summed E-state index contributed by atoms with van der Waals surface area (Å²) in [4.78, 5) is 24.6. The number of carbonyl (C=O) groups excluding carboxylic acids is 2. The second kappa shape index (κ2) is 10.2. The van der Waals surface area contributed by atoms with E-state index in [1.165, 1.54) is 12.1 Å². The average Bonchev–Trinajstić information content (AvgIpc) is 2.71. The molecule has 0 saturated heterocycles. The summed E-state index contributed by atoms with van der Waals surface area (Å²) in [5, 5.41) is 17.0. The van der Waals surface area contributed by atoms with Gasteiger partial charge < -0.3 is 21.7 Å². The lowest BCUT2D eigenvalue weighted by Gasteiger charge is -2.20. The van der Waals surface area contributed by atoms with Gasteiger partial charge in [-0.2, -0.15) is 5.26 Å². The molecule has 5 N–H and O–H groups in total. The number of carbonyl (C=O) groups is 2. The van der Waals surface area contributed by atoms with Crippen LogP contribution in [0.5, 0.6) is 0 Å². The highest BCUT2D eigenvalue weighted by molar-refractivity contribution is 5.95. The Balaban J connectivity index is 1.91. The highest BCUT2D eigenvalue weighted by Gasteiger charge is 2.24. The Morgan fingerprint density at radius 1 is 1.18 bits per heavy atom. The largest absolute Gasteiger partial charge is 0.351 e. The zero-order chi connectivity index (χ0) is 20.5. The van der Waals surface area contributed by atoms with Crippen LogP contribution < -0.4 is 21.7 Å². The molecule has 146 valence electrons. The normalized spacial score (nSPS) is 12.5. The van der Waals surface area contributed by atoms with Gasteiger partial charge in [-0.05, 0) is 37.2 Å². The Bertz CT molecular complexity index is 867. The number of nitriles is 1. The molecule has 2 rings (SSSR count). The molecule has 2 aromatic carbocycles. The predicted octanol–water partition coefficient (Wildman–Crippen LogP) is 1.26. The van der Waals surface area contributed by atoms with E-state index in [2.05, 4.69) is 16.0 Å². The molecule has 0 heterocycles. The molecule has 7 nitrogen and oxygen atoms in total. The summed E-state index contributed by atoms with van der Waals surface area (Å²) in [5.74, 6) is -1.47. The second-order valence-corrected chi connectivity index (χ2v) is 6.18. The molecule has 0 aliphatic carbocycles. The smallest absolute Gasteiger partial charge is 0.241 e. The number of likely N-dealkylation sites (N-methyl/N-ethyl adjacent to an activating group) is 1. The summed E-state index contributed by atoms with van der Waals surface area (Å²) in [7, 11) is 1.57. The molecule has 0 saturated carbocycles. The van der Waals surface area contributed by atoms with Gasteiger partial charge in [-0.3, -0.25) is 9.59 Å². The van der Waals surface area contributed by atoms with Crippen molar-refractivity contribution in [2.24, 2.45) is 5.73 Å². The van der Waals surface area contributed by atoms with Gasteiger partial charge in [0.05, 0.1) is 17.6 Å². The van der Waals surface area contributed by atoms with Gasteiger partial charge in [-0.15, -0.1) is 0 Å². The van der Waals surface area contributed by atoms with Crippen LogP contribution in [0.4, 0.5) is 10.1 Å². The van der Waals surface area contributed by atoms with Crippen LogP contribution >= 0.6 is 0 Å². The first-order valence-electron chi connectivity index (χ1n) is 8.69. The van der Waals surface area contributed by atoms with Crippen LogP contribution in [0.1, 0.15) is 17.5 Å². The predicted molar refractivity (Wildman–Crippen MR) is 103 cm³/mol. The van der Waals surface area contributed by atoms with Crippen LogP contribution in [-0.4, -0.2) is 30.9 Å². The molecule has 0 spiro atoms. The number of rotatable bonds is 8. The van der Waals surface area contributed by atoms with Crippen molar-refractivity contribution in [1.82, 2.24) is 10.6 Å². The Labute approximate surface area is 162 Å². The Morgan fingerprint density at radius 2 is 1.89 bits per heavy atom. The molecular weight excluding hydrogens is 361 g/mol. The lowest BCUT2D eigenvalue weighted by molar-refractivity contribution is -0.123. The number of hydrogen-bond acceptors (Lipinski definition) is 5. The first-order chi connectivity index (χ1) is 13.4. The number of nitrogens with zero attached hydrogens (tertiary/aromatic N) is 1. The summed E-state index contributed by atoms with van der Waals surface area (Å²) < 4.78 is 13.4. The number of anilines is 1. The number of hydrogen-bond donors (Lipinski definition) is 4. The zero-order valence-electron chi connectivity index (χ0n) is 15.4. The van der Waals surface area contributed by atoms with E-state index in [9.17, 15) is 14.0 Å². The van der Waals surface area contributed by atoms with Crippen LogP contribution in [0.3, 0.4) is 0 Å². The maximum atomic E-state index is 13.4. The molecule has 0 fully saturated rings. The van der Waals surface area contributed by atoms with Gasteiger partial charge in [-0.25, -0.2) is 4.39 Å². The first-order valence-corrected chi connectivity index (χ1v) is 8.69. The van der Waals surface area contributed by atoms with E-state index in [1.807, 2.05) is 30.3 Å². The van der Waals surface area contributed by atoms with Crippen LogP contribution in [0, 0.1) is 17.1 Å². The van der Waals surface area contributed by atoms with Crippen molar-refractivity contribution >= 4 is 17.5 Å². The molecule has 2 amide bonds. The number of nitrogens with one attached hydrogen (secondary N) is 3. The van der Waals surface area contributed by atoms with Crippen LogP contribution in [0.15, 0.2) is 48.5 Å². The van der Waals surface area contributed by atoms with Crippen LogP contribution in [0.25, 0.3) is 0 Å². The van der Waals surface area contributed by atoms with E-state index in [4.69, 9.17) is 11.0 Å². The number of benzene rings is 2. The molecule has 2 aromatic rings. The maximum absolute atomic E-state index is 13.4. The van der Waals surface area contributed by atoms with Gasteiger partial charge >= 0.3 is 0 Å². The van der Waals surface area contributed by atoms with Crippen LogP contribution in [0.2, 0.25) is 0 Å². The second-order valence-electron chi connectivity index (χ2n) is 6.18. The van der Waals surface area contributed by atoms with Crippen LogP contribution in [-0.2, 0) is 16.1 Å². The highest BCUT2D eigenvalue weighted by atomic mass is 19.1. The molecule has 2 unspecified atom stereocenters. The lowest BCUT2D eigenvalue weighted by atomic mass is 10.1. The maximum Gasteiger partial charge on any atom is 0.241 e. The van der Waals surface area contributed by atoms with Gasteiger partial charge in [-0.1, -0.05) is 30.3 Å². The summed E-state index contributed by atoms with van der Waals surface area (Å²) in [6.45, 7) is 0.344. The molecule has 0 aliphatic rings. The molecule has 0 radical (unpaired) electrons. The van der Waals surface area contributed by atoms with Gasteiger partial charge in [0, 0.05) is 12.2 Å². The molecule has 28 heavy (non-hydrogen) atoms. The standard InChI is InChI=1S/C20H22FN5O2/c1-24-18(20(28)26-15-7-8-16(21)14(9-15)11-22)10-17(23)19(27)25-12-13-5-3-2-4-6-13/h2-9,17-18,24H,10,12,23H2,1H3,(H,25,27)(H,26,28). The molecule has 0 aliphatic heterocycles. The van der Waals surface area contributed by atoms with Crippen molar-refractivity contribution in [3.05, 3.63) is 65.5 Å². The number of amides is 2. The zero-order valence-corrected chi connectivity index (χ0v) is 15.4. The molecule has 0 bridgehead atoms. The molecule has 0 aromatic heterocycles. The fourth-order valence-electron chi connectivity index (χ4n) is 2.55. The molecular formula is C20H22FN5O2. The Hall–Kier alpha value is -3.28. The van der Waals surface area contributed by atoms with Crippen molar-refractivity contribution in [2.75, 3.05) is 12.4 Å². The van der Waals surface area contributed by atoms with Crippen molar-refractivity contribution in [1.29, 1.82) is 5.26 Å². The minimum absolute atomic E-state index is 0.0647. The first kappa shape index (κ1) is 21.0. The minimum Gasteiger partial charge on any atom is -0.351 e. The van der Waals surface area contributed by atoms with E-state index in [0.717, 1.165) is 11.6 Å². The third kappa shape index (κ3) is 5.87. The fraction of sp³-hybridized carbons (Fsp3) is 0.250.